The molecule has 0 aliphatic heterocycles. The van der Waals surface area contributed by atoms with Gasteiger partial charge in [-0.2, -0.15) is 0 Å². The van der Waals surface area contributed by atoms with Gasteiger partial charge in [0, 0.05) is 18.8 Å². The third kappa shape index (κ3) is 7.15. The van der Waals surface area contributed by atoms with Crippen molar-refractivity contribution in [2.75, 3.05) is 13.7 Å². The standard InChI is InChI=1S/C28H32N4O4/c1-20(29)30-17-9-15-23(19-25(33)36-2)31-27(34)24-16-10-18-32(28(24)35)26(21-11-5-3-6-12-21)22-13-7-4-8-14-22/h3-8,10-14,16,18,23,26H,9,15,17,19H2,1-2H3,(H2,29,30)(H,31,34)/t23-/m0/s1. The zero-order valence-electron chi connectivity index (χ0n) is 20.6. The van der Waals surface area contributed by atoms with Crippen LogP contribution < -0.4 is 16.6 Å². The Morgan fingerprint density at radius 3 is 2.17 bits per heavy atom. The lowest BCUT2D eigenvalue weighted by Crippen LogP contribution is -2.40. The molecule has 8 heteroatoms. The molecule has 1 heterocycles. The molecule has 0 saturated heterocycles. The number of carbonyl (C=O) groups is 2. The van der Waals surface area contributed by atoms with Crippen LogP contribution in [0.1, 0.15) is 53.7 Å². The molecule has 0 fully saturated rings. The van der Waals surface area contributed by atoms with Gasteiger partial charge in [0.1, 0.15) is 5.56 Å². The molecule has 1 atom stereocenters. The molecule has 8 nitrogen and oxygen atoms in total. The molecule has 0 saturated carbocycles. The van der Waals surface area contributed by atoms with E-state index in [2.05, 4.69) is 10.3 Å². The van der Waals surface area contributed by atoms with Crippen LogP contribution in [0.25, 0.3) is 0 Å². The number of carbonyl (C=O) groups excluding carboxylic acids is 2. The van der Waals surface area contributed by atoms with Crippen molar-refractivity contribution in [3.63, 3.8) is 0 Å². The Balaban J connectivity index is 1.90. The molecule has 0 unspecified atom stereocenters. The number of ether oxygens (including phenoxy) is 1. The number of methoxy groups -OCH3 is 1. The monoisotopic (exact) mass is 488 g/mol. The lowest BCUT2D eigenvalue weighted by Gasteiger charge is -2.22. The smallest absolute Gasteiger partial charge is 0.307 e. The number of rotatable bonds is 11. The molecule has 3 aromatic rings. The molecule has 3 rings (SSSR count). The molecule has 3 N–H and O–H groups in total. The number of amides is 1. The van der Waals surface area contributed by atoms with Gasteiger partial charge >= 0.3 is 5.97 Å². The third-order valence-corrected chi connectivity index (χ3v) is 5.78. The van der Waals surface area contributed by atoms with Gasteiger partial charge < -0.3 is 20.4 Å². The van der Waals surface area contributed by atoms with Crippen LogP contribution in [0.15, 0.2) is 88.8 Å². The summed E-state index contributed by atoms with van der Waals surface area (Å²) in [6.45, 7) is 2.18. The van der Waals surface area contributed by atoms with Gasteiger partial charge in [-0.05, 0) is 43.0 Å². The molecule has 2 aromatic carbocycles. The number of pyridine rings is 1. The number of aliphatic imine (C=N–C) groups is 1. The van der Waals surface area contributed by atoms with E-state index >= 15 is 0 Å². The highest BCUT2D eigenvalue weighted by Gasteiger charge is 2.23. The number of hydrogen-bond donors (Lipinski definition) is 2. The van der Waals surface area contributed by atoms with E-state index in [1.807, 2.05) is 60.7 Å². The first-order valence-corrected chi connectivity index (χ1v) is 11.9. The van der Waals surface area contributed by atoms with Crippen LogP contribution in [-0.2, 0) is 9.53 Å². The van der Waals surface area contributed by atoms with E-state index in [1.165, 1.54) is 13.2 Å². The van der Waals surface area contributed by atoms with Crippen LogP contribution in [0.4, 0.5) is 0 Å². The predicted molar refractivity (Wildman–Crippen MR) is 140 cm³/mol. The van der Waals surface area contributed by atoms with Crippen LogP contribution in [0.3, 0.4) is 0 Å². The summed E-state index contributed by atoms with van der Waals surface area (Å²) >= 11 is 0. The predicted octanol–water partition coefficient (Wildman–Crippen LogP) is 3.30. The van der Waals surface area contributed by atoms with E-state index in [4.69, 9.17) is 10.5 Å². The number of nitrogens with two attached hydrogens (primary N) is 1. The molecule has 0 bridgehead atoms. The van der Waals surface area contributed by atoms with Crippen LogP contribution in [0, 0.1) is 0 Å². The zero-order valence-corrected chi connectivity index (χ0v) is 20.6. The molecule has 0 aliphatic rings. The second-order valence-corrected chi connectivity index (χ2v) is 8.47. The molecule has 0 aliphatic carbocycles. The van der Waals surface area contributed by atoms with Gasteiger partial charge in [0.2, 0.25) is 0 Å². The van der Waals surface area contributed by atoms with Gasteiger partial charge in [0.25, 0.3) is 11.5 Å². The van der Waals surface area contributed by atoms with Gasteiger partial charge in [0.05, 0.1) is 25.4 Å². The van der Waals surface area contributed by atoms with E-state index in [0.717, 1.165) is 11.1 Å². The molecular weight excluding hydrogens is 456 g/mol. The fourth-order valence-electron chi connectivity index (χ4n) is 4.04. The Kier molecular flexibility index (Phi) is 9.56. The molecule has 1 amide bonds. The Bertz CT molecular complexity index is 1200. The first-order valence-electron chi connectivity index (χ1n) is 11.9. The Hall–Kier alpha value is -4.20. The normalized spacial score (nSPS) is 12.2. The van der Waals surface area contributed by atoms with Crippen molar-refractivity contribution < 1.29 is 14.3 Å². The van der Waals surface area contributed by atoms with Crippen molar-refractivity contribution >= 4 is 17.7 Å². The molecule has 0 radical (unpaired) electrons. The molecule has 36 heavy (non-hydrogen) atoms. The molecule has 188 valence electrons. The van der Waals surface area contributed by atoms with Gasteiger partial charge in [-0.3, -0.25) is 19.4 Å². The highest BCUT2D eigenvalue weighted by molar-refractivity contribution is 5.94. The Morgan fingerprint density at radius 1 is 1.00 bits per heavy atom. The van der Waals surface area contributed by atoms with Gasteiger partial charge in [0.15, 0.2) is 0 Å². The number of amidine groups is 1. The quantitative estimate of drug-likeness (QED) is 0.186. The molecular formula is C28H32N4O4. The number of aromatic nitrogens is 1. The number of hydrogen-bond acceptors (Lipinski definition) is 5. The van der Waals surface area contributed by atoms with Crippen LogP contribution in [0.5, 0.6) is 0 Å². The summed E-state index contributed by atoms with van der Waals surface area (Å²) in [5.41, 5.74) is 6.99. The summed E-state index contributed by atoms with van der Waals surface area (Å²) in [4.78, 5) is 42.8. The van der Waals surface area contributed by atoms with Crippen molar-refractivity contribution in [1.29, 1.82) is 0 Å². The number of nitrogens with one attached hydrogen (secondary N) is 1. The van der Waals surface area contributed by atoms with Crippen LogP contribution in [0.2, 0.25) is 0 Å². The fourth-order valence-corrected chi connectivity index (χ4v) is 4.04. The minimum atomic E-state index is -0.540. The minimum Gasteiger partial charge on any atom is -0.469 e. The SMILES string of the molecule is COC(=O)C[C@H](CCCN=C(C)N)NC(=O)c1cccn(C(c2ccccc2)c2ccccc2)c1=O. The highest BCUT2D eigenvalue weighted by atomic mass is 16.5. The zero-order chi connectivity index (χ0) is 25.9. The average molecular weight is 489 g/mol. The largest absolute Gasteiger partial charge is 0.469 e. The van der Waals surface area contributed by atoms with Crippen molar-refractivity contribution in [3.8, 4) is 0 Å². The number of nitrogens with zero attached hydrogens (tertiary/aromatic N) is 2. The van der Waals surface area contributed by atoms with E-state index < -0.39 is 29.5 Å². The van der Waals surface area contributed by atoms with Crippen molar-refractivity contribution in [2.24, 2.45) is 10.7 Å². The second kappa shape index (κ2) is 13.0. The van der Waals surface area contributed by atoms with Crippen molar-refractivity contribution in [3.05, 3.63) is 106 Å². The molecule has 0 spiro atoms. The maximum absolute atomic E-state index is 13.6. The summed E-state index contributed by atoms with van der Waals surface area (Å²) in [5, 5.41) is 2.84. The number of esters is 1. The molecule has 1 aromatic heterocycles. The van der Waals surface area contributed by atoms with E-state index in [1.54, 1.807) is 23.8 Å². The summed E-state index contributed by atoms with van der Waals surface area (Å²) in [7, 11) is 1.30. The summed E-state index contributed by atoms with van der Waals surface area (Å²) < 4.78 is 6.34. The number of benzene rings is 2. The summed E-state index contributed by atoms with van der Waals surface area (Å²) in [6.07, 6.45) is 2.77. The second-order valence-electron chi connectivity index (χ2n) is 8.47. The van der Waals surface area contributed by atoms with Crippen molar-refractivity contribution in [2.45, 2.75) is 38.3 Å². The highest BCUT2D eigenvalue weighted by Crippen LogP contribution is 2.25. The van der Waals surface area contributed by atoms with E-state index in [9.17, 15) is 14.4 Å². The summed E-state index contributed by atoms with van der Waals surface area (Å²) in [5.74, 6) is -0.515. The lowest BCUT2D eigenvalue weighted by atomic mass is 9.98. The van der Waals surface area contributed by atoms with E-state index in [0.29, 0.717) is 25.2 Å². The van der Waals surface area contributed by atoms with Gasteiger partial charge in [-0.25, -0.2) is 0 Å². The summed E-state index contributed by atoms with van der Waals surface area (Å²) in [6, 6.07) is 21.6. The first-order chi connectivity index (χ1) is 17.4. The van der Waals surface area contributed by atoms with Crippen LogP contribution in [-0.4, -0.2) is 42.0 Å². The van der Waals surface area contributed by atoms with Gasteiger partial charge in [-0.1, -0.05) is 60.7 Å². The maximum Gasteiger partial charge on any atom is 0.307 e. The fraction of sp³-hybridized carbons (Fsp3) is 0.286. The lowest BCUT2D eigenvalue weighted by molar-refractivity contribution is -0.141. The van der Waals surface area contributed by atoms with Gasteiger partial charge in [-0.15, -0.1) is 0 Å². The van der Waals surface area contributed by atoms with Crippen molar-refractivity contribution in [1.82, 2.24) is 9.88 Å². The third-order valence-electron chi connectivity index (χ3n) is 5.78. The minimum absolute atomic E-state index is 0.0000477. The topological polar surface area (TPSA) is 116 Å². The Labute approximate surface area is 210 Å². The average Bonchev–Trinajstić information content (AvgIpc) is 2.88. The van der Waals surface area contributed by atoms with E-state index in [-0.39, 0.29) is 12.0 Å². The maximum atomic E-state index is 13.6. The first kappa shape index (κ1) is 26.4. The van der Waals surface area contributed by atoms with Crippen LogP contribution >= 0.6 is 0 Å². The Morgan fingerprint density at radius 2 is 1.61 bits per heavy atom.